The number of carbonyl (C=O) groups is 2. The Kier molecular flexibility index (Phi) is 3.71. The topological polar surface area (TPSA) is 61.8 Å². The fourth-order valence-electron chi connectivity index (χ4n) is 1.84. The van der Waals surface area contributed by atoms with Crippen LogP contribution in [0.1, 0.15) is 20.0 Å². The Labute approximate surface area is 113 Å². The molecule has 0 saturated carbocycles. The van der Waals surface area contributed by atoms with Crippen LogP contribution in [0, 0.1) is 0 Å². The molecule has 0 bridgehead atoms. The molecule has 0 aliphatic rings. The van der Waals surface area contributed by atoms with Crippen molar-refractivity contribution in [3.05, 3.63) is 22.6 Å². The minimum Gasteiger partial charge on any atom is -0.495 e. The summed E-state index contributed by atoms with van der Waals surface area (Å²) in [5, 5.41) is 0.661. The average molecular weight is 280 g/mol. The highest BCUT2D eigenvalue weighted by atomic mass is 32.1. The summed E-state index contributed by atoms with van der Waals surface area (Å²) in [6, 6.07) is 3.23. The molecule has 0 unspecified atom stereocenters. The van der Waals surface area contributed by atoms with E-state index >= 15 is 0 Å². The van der Waals surface area contributed by atoms with Crippen LogP contribution in [-0.4, -0.2) is 33.6 Å². The molecule has 0 amide bonds. The predicted octanol–water partition coefficient (Wildman–Crippen LogP) is 2.52. The Hall–Kier alpha value is -2.08. The van der Waals surface area contributed by atoms with Crippen LogP contribution in [0.25, 0.3) is 10.1 Å². The lowest BCUT2D eigenvalue weighted by Crippen LogP contribution is -1.96. The Morgan fingerprint density at radius 3 is 2.47 bits per heavy atom. The van der Waals surface area contributed by atoms with Crippen LogP contribution in [0.2, 0.25) is 0 Å². The molecule has 2 rings (SSSR count). The summed E-state index contributed by atoms with van der Waals surface area (Å²) in [7, 11) is 4.30. The first-order chi connectivity index (χ1) is 9.15. The standard InChI is InChI=1S/C13H12O5S/c1-16-9-4-7(6-14)11(17-2)8-5-10(13(15)18-3)19-12(8)9/h4-6H,1-3H3. The van der Waals surface area contributed by atoms with Crippen molar-refractivity contribution >= 4 is 33.7 Å². The summed E-state index contributed by atoms with van der Waals surface area (Å²) in [4.78, 5) is 23.1. The molecule has 1 heterocycles. The minimum absolute atomic E-state index is 0.376. The fraction of sp³-hybridized carbons (Fsp3) is 0.231. The van der Waals surface area contributed by atoms with E-state index in [2.05, 4.69) is 4.74 Å². The largest absolute Gasteiger partial charge is 0.495 e. The Bertz CT molecular complexity index is 644. The number of aldehydes is 1. The molecule has 2 aromatic rings. The van der Waals surface area contributed by atoms with Crippen molar-refractivity contribution in [3.8, 4) is 11.5 Å². The van der Waals surface area contributed by atoms with Gasteiger partial charge in [0.05, 0.1) is 31.6 Å². The number of carbonyl (C=O) groups excluding carboxylic acids is 2. The second kappa shape index (κ2) is 5.27. The maximum Gasteiger partial charge on any atom is 0.348 e. The number of benzene rings is 1. The highest BCUT2D eigenvalue weighted by Gasteiger charge is 2.19. The molecule has 19 heavy (non-hydrogen) atoms. The number of rotatable bonds is 4. The number of thiophene rings is 1. The highest BCUT2D eigenvalue weighted by molar-refractivity contribution is 7.21. The van der Waals surface area contributed by atoms with Crippen LogP contribution >= 0.6 is 11.3 Å². The third kappa shape index (κ3) is 2.15. The molecule has 1 aromatic heterocycles. The smallest absolute Gasteiger partial charge is 0.348 e. The van der Waals surface area contributed by atoms with Gasteiger partial charge in [0.25, 0.3) is 0 Å². The Morgan fingerprint density at radius 1 is 1.21 bits per heavy atom. The van der Waals surface area contributed by atoms with Gasteiger partial charge in [-0.2, -0.15) is 0 Å². The van der Waals surface area contributed by atoms with Crippen LogP contribution in [0.15, 0.2) is 12.1 Å². The fourth-order valence-corrected chi connectivity index (χ4v) is 2.91. The SMILES string of the molecule is COC(=O)c1cc2c(OC)c(C=O)cc(OC)c2s1. The summed E-state index contributed by atoms with van der Waals surface area (Å²) in [6.45, 7) is 0. The number of hydrogen-bond donors (Lipinski definition) is 0. The predicted molar refractivity (Wildman–Crippen MR) is 71.7 cm³/mol. The normalized spacial score (nSPS) is 10.3. The minimum atomic E-state index is -0.432. The summed E-state index contributed by atoms with van der Waals surface area (Å²) < 4.78 is 15.9. The van der Waals surface area contributed by atoms with E-state index in [4.69, 9.17) is 9.47 Å². The first-order valence-corrected chi connectivity index (χ1v) is 6.20. The molecule has 0 saturated heterocycles. The zero-order valence-corrected chi connectivity index (χ0v) is 11.5. The van der Waals surface area contributed by atoms with E-state index < -0.39 is 5.97 Å². The quantitative estimate of drug-likeness (QED) is 0.636. The van der Waals surface area contributed by atoms with Gasteiger partial charge in [0.1, 0.15) is 16.4 Å². The Morgan fingerprint density at radius 2 is 1.95 bits per heavy atom. The van der Waals surface area contributed by atoms with Crippen LogP contribution in [-0.2, 0) is 4.74 Å². The summed E-state index contributed by atoms with van der Waals surface area (Å²) in [6.07, 6.45) is 0.691. The van der Waals surface area contributed by atoms with Crippen molar-refractivity contribution in [2.45, 2.75) is 0 Å². The van der Waals surface area contributed by atoms with Gasteiger partial charge in [-0.15, -0.1) is 11.3 Å². The highest BCUT2D eigenvalue weighted by Crippen LogP contribution is 2.41. The summed E-state index contributed by atoms with van der Waals surface area (Å²) in [5.41, 5.74) is 0.376. The van der Waals surface area contributed by atoms with Gasteiger partial charge >= 0.3 is 5.97 Å². The summed E-state index contributed by atoms with van der Waals surface area (Å²) >= 11 is 1.23. The van der Waals surface area contributed by atoms with Crippen molar-refractivity contribution in [1.29, 1.82) is 0 Å². The molecule has 6 heteroatoms. The number of ether oxygens (including phenoxy) is 3. The van der Waals surface area contributed by atoms with Crippen LogP contribution < -0.4 is 9.47 Å². The van der Waals surface area contributed by atoms with Gasteiger partial charge in [-0.05, 0) is 12.1 Å². The van der Waals surface area contributed by atoms with E-state index in [9.17, 15) is 9.59 Å². The van der Waals surface area contributed by atoms with Crippen LogP contribution in [0.3, 0.4) is 0 Å². The molecule has 5 nitrogen and oxygen atoms in total. The molecule has 0 aliphatic heterocycles. The lowest BCUT2D eigenvalue weighted by Gasteiger charge is -2.08. The third-order valence-electron chi connectivity index (χ3n) is 2.69. The average Bonchev–Trinajstić information content (AvgIpc) is 2.89. The molecular formula is C13H12O5S. The molecule has 0 radical (unpaired) electrons. The molecule has 0 spiro atoms. The molecule has 100 valence electrons. The molecule has 0 aliphatic carbocycles. The molecule has 0 atom stereocenters. The Balaban J connectivity index is 2.79. The molecule has 1 aromatic carbocycles. The van der Waals surface area contributed by atoms with Gasteiger partial charge in [-0.1, -0.05) is 0 Å². The number of hydrogen-bond acceptors (Lipinski definition) is 6. The lowest BCUT2D eigenvalue weighted by atomic mass is 10.1. The van der Waals surface area contributed by atoms with Crippen LogP contribution in [0.5, 0.6) is 11.5 Å². The first-order valence-electron chi connectivity index (χ1n) is 5.38. The van der Waals surface area contributed by atoms with Crippen molar-refractivity contribution in [2.75, 3.05) is 21.3 Å². The molecule has 0 N–H and O–H groups in total. The van der Waals surface area contributed by atoms with E-state index in [1.54, 1.807) is 12.1 Å². The van der Waals surface area contributed by atoms with E-state index in [-0.39, 0.29) is 0 Å². The number of fused-ring (bicyclic) bond motifs is 1. The van der Waals surface area contributed by atoms with Gasteiger partial charge in [-0.25, -0.2) is 4.79 Å². The molecule has 0 fully saturated rings. The second-order valence-corrected chi connectivity index (χ2v) is 4.72. The van der Waals surface area contributed by atoms with Crippen molar-refractivity contribution in [1.82, 2.24) is 0 Å². The second-order valence-electron chi connectivity index (χ2n) is 3.66. The summed E-state index contributed by atoms with van der Waals surface area (Å²) in [5.74, 6) is 0.521. The number of esters is 1. The molecular weight excluding hydrogens is 268 g/mol. The number of methoxy groups -OCH3 is 3. The van der Waals surface area contributed by atoms with E-state index in [0.29, 0.717) is 33.6 Å². The van der Waals surface area contributed by atoms with Gasteiger partial charge in [-0.3, -0.25) is 4.79 Å². The van der Waals surface area contributed by atoms with Gasteiger partial charge in [0.2, 0.25) is 0 Å². The van der Waals surface area contributed by atoms with Gasteiger partial charge in [0, 0.05) is 5.39 Å². The maximum absolute atomic E-state index is 11.6. The first kappa shape index (κ1) is 13.4. The van der Waals surface area contributed by atoms with E-state index in [1.807, 2.05) is 0 Å². The van der Waals surface area contributed by atoms with Crippen LogP contribution in [0.4, 0.5) is 0 Å². The zero-order valence-electron chi connectivity index (χ0n) is 10.7. The van der Waals surface area contributed by atoms with Crippen molar-refractivity contribution < 1.29 is 23.8 Å². The zero-order chi connectivity index (χ0) is 14.0. The van der Waals surface area contributed by atoms with Crippen molar-refractivity contribution in [3.63, 3.8) is 0 Å². The van der Waals surface area contributed by atoms with E-state index in [1.165, 1.54) is 32.7 Å². The lowest BCUT2D eigenvalue weighted by molar-refractivity contribution is 0.0606. The van der Waals surface area contributed by atoms with E-state index in [0.717, 1.165) is 4.70 Å². The third-order valence-corrected chi connectivity index (χ3v) is 3.82. The van der Waals surface area contributed by atoms with Gasteiger partial charge < -0.3 is 14.2 Å². The maximum atomic E-state index is 11.6. The van der Waals surface area contributed by atoms with Crippen molar-refractivity contribution in [2.24, 2.45) is 0 Å². The monoisotopic (exact) mass is 280 g/mol. The van der Waals surface area contributed by atoms with Gasteiger partial charge in [0.15, 0.2) is 6.29 Å².